The van der Waals surface area contributed by atoms with E-state index in [0.29, 0.717) is 17.6 Å². The summed E-state index contributed by atoms with van der Waals surface area (Å²) in [4.78, 5) is 12.0. The van der Waals surface area contributed by atoms with Crippen LogP contribution in [0.25, 0.3) is 0 Å². The van der Waals surface area contributed by atoms with Crippen LogP contribution in [0.5, 0.6) is 0 Å². The normalized spacial score (nSPS) is 33.6. The minimum atomic E-state index is 0.103. The van der Waals surface area contributed by atoms with Crippen LogP contribution < -0.4 is 0 Å². The van der Waals surface area contributed by atoms with Crippen molar-refractivity contribution in [2.75, 3.05) is 7.11 Å². The van der Waals surface area contributed by atoms with Crippen molar-refractivity contribution in [2.24, 2.45) is 23.7 Å². The van der Waals surface area contributed by atoms with E-state index < -0.39 is 0 Å². The third-order valence-electron chi connectivity index (χ3n) is 3.75. The van der Waals surface area contributed by atoms with E-state index >= 15 is 0 Å². The molecule has 3 atom stereocenters. The highest BCUT2D eigenvalue weighted by atomic mass is 16.5. The first-order chi connectivity index (χ1) is 7.54. The molecule has 2 heteroatoms. The number of methoxy groups -OCH3 is 1. The molecule has 0 radical (unpaired) electrons. The lowest BCUT2D eigenvalue weighted by Gasteiger charge is -2.24. The number of ether oxygens (including phenoxy) is 1. The molecule has 2 nitrogen and oxygen atoms in total. The van der Waals surface area contributed by atoms with E-state index in [1.807, 2.05) is 6.92 Å². The number of hydrogen-bond acceptors (Lipinski definition) is 2. The Bertz CT molecular complexity index is 363. The SMILES string of the molecule is COC1=CC2CC(C)C(=O)C2C=C1C(C)C. The van der Waals surface area contributed by atoms with Crippen molar-refractivity contribution in [3.05, 3.63) is 23.5 Å². The molecule has 1 fully saturated rings. The third-order valence-corrected chi connectivity index (χ3v) is 3.75. The lowest BCUT2D eigenvalue weighted by Crippen LogP contribution is -2.19. The number of Topliss-reactive ketones (excluding diaryl/α,β-unsaturated/α-hetero) is 1. The van der Waals surface area contributed by atoms with Gasteiger partial charge in [-0.1, -0.05) is 26.8 Å². The lowest BCUT2D eigenvalue weighted by atomic mass is 9.83. The summed E-state index contributed by atoms with van der Waals surface area (Å²) in [6.07, 6.45) is 5.26. The van der Waals surface area contributed by atoms with E-state index in [4.69, 9.17) is 4.74 Å². The topological polar surface area (TPSA) is 26.3 Å². The number of ketones is 1. The zero-order valence-electron chi connectivity index (χ0n) is 10.5. The number of hydrogen-bond donors (Lipinski definition) is 0. The molecular weight excluding hydrogens is 200 g/mol. The minimum Gasteiger partial charge on any atom is -0.497 e. The van der Waals surface area contributed by atoms with Gasteiger partial charge in [-0.25, -0.2) is 0 Å². The van der Waals surface area contributed by atoms with Crippen LogP contribution in [-0.2, 0) is 9.53 Å². The van der Waals surface area contributed by atoms with E-state index in [1.165, 1.54) is 5.57 Å². The molecule has 0 spiro atoms. The molecule has 0 saturated heterocycles. The predicted octanol–water partition coefficient (Wildman–Crippen LogP) is 2.95. The maximum Gasteiger partial charge on any atom is 0.143 e. The molecule has 16 heavy (non-hydrogen) atoms. The number of fused-ring (bicyclic) bond motifs is 1. The standard InChI is InChI=1S/C14H20O2/c1-8(2)11-7-12-10(6-13(11)16-4)5-9(3)14(12)15/h6-10,12H,5H2,1-4H3. The minimum absolute atomic E-state index is 0.103. The van der Waals surface area contributed by atoms with Gasteiger partial charge in [-0.15, -0.1) is 0 Å². The van der Waals surface area contributed by atoms with Crippen molar-refractivity contribution in [3.63, 3.8) is 0 Å². The highest BCUT2D eigenvalue weighted by Gasteiger charge is 2.40. The number of rotatable bonds is 2. The number of allylic oxidation sites excluding steroid dienone is 3. The van der Waals surface area contributed by atoms with E-state index in [1.54, 1.807) is 7.11 Å². The van der Waals surface area contributed by atoms with Gasteiger partial charge in [-0.05, 0) is 29.9 Å². The van der Waals surface area contributed by atoms with E-state index in [9.17, 15) is 4.79 Å². The van der Waals surface area contributed by atoms with Gasteiger partial charge in [0, 0.05) is 11.8 Å². The van der Waals surface area contributed by atoms with Crippen LogP contribution >= 0.6 is 0 Å². The van der Waals surface area contributed by atoms with Crippen LogP contribution in [0, 0.1) is 23.7 Å². The number of carbonyl (C=O) groups is 1. The summed E-state index contributed by atoms with van der Waals surface area (Å²) in [6, 6.07) is 0. The van der Waals surface area contributed by atoms with E-state index in [2.05, 4.69) is 26.0 Å². The summed E-state index contributed by atoms with van der Waals surface area (Å²) in [7, 11) is 1.71. The van der Waals surface area contributed by atoms with Crippen LogP contribution in [0.2, 0.25) is 0 Å². The summed E-state index contributed by atoms with van der Waals surface area (Å²) in [6.45, 7) is 6.31. The molecule has 88 valence electrons. The largest absolute Gasteiger partial charge is 0.497 e. The summed E-state index contributed by atoms with van der Waals surface area (Å²) < 4.78 is 5.43. The van der Waals surface area contributed by atoms with Crippen LogP contribution in [0.15, 0.2) is 23.5 Å². The highest BCUT2D eigenvalue weighted by molar-refractivity contribution is 5.88. The Kier molecular flexibility index (Phi) is 2.92. The second-order valence-electron chi connectivity index (χ2n) is 5.24. The summed E-state index contributed by atoms with van der Waals surface area (Å²) in [5, 5.41) is 0. The molecule has 0 aromatic carbocycles. The smallest absolute Gasteiger partial charge is 0.143 e. The zero-order chi connectivity index (χ0) is 11.9. The van der Waals surface area contributed by atoms with Crippen LogP contribution in [0.4, 0.5) is 0 Å². The first kappa shape index (κ1) is 11.4. The lowest BCUT2D eigenvalue weighted by molar-refractivity contribution is -0.122. The van der Waals surface area contributed by atoms with Crippen LogP contribution in [0.1, 0.15) is 27.2 Å². The molecule has 0 N–H and O–H groups in total. The maximum absolute atomic E-state index is 12.0. The molecule has 1 saturated carbocycles. The molecule has 3 unspecified atom stereocenters. The fourth-order valence-corrected chi connectivity index (χ4v) is 2.82. The van der Waals surface area contributed by atoms with Crippen molar-refractivity contribution in [2.45, 2.75) is 27.2 Å². The molecule has 0 aromatic rings. The van der Waals surface area contributed by atoms with Gasteiger partial charge in [-0.2, -0.15) is 0 Å². The second kappa shape index (κ2) is 4.08. The fourth-order valence-electron chi connectivity index (χ4n) is 2.82. The summed E-state index contributed by atoms with van der Waals surface area (Å²) >= 11 is 0. The van der Waals surface area contributed by atoms with Gasteiger partial charge >= 0.3 is 0 Å². The molecule has 0 aliphatic heterocycles. The maximum atomic E-state index is 12.0. The monoisotopic (exact) mass is 220 g/mol. The Morgan fingerprint density at radius 2 is 2.06 bits per heavy atom. The van der Waals surface area contributed by atoms with Gasteiger partial charge in [0.15, 0.2) is 0 Å². The predicted molar refractivity (Wildman–Crippen MR) is 63.8 cm³/mol. The van der Waals surface area contributed by atoms with Gasteiger partial charge in [0.2, 0.25) is 0 Å². The van der Waals surface area contributed by atoms with Gasteiger partial charge < -0.3 is 4.74 Å². The molecule has 2 aliphatic rings. The van der Waals surface area contributed by atoms with Gasteiger partial charge in [0.25, 0.3) is 0 Å². The Morgan fingerprint density at radius 3 is 2.62 bits per heavy atom. The number of carbonyl (C=O) groups excluding carboxylic acids is 1. The molecule has 0 amide bonds. The van der Waals surface area contributed by atoms with Crippen molar-refractivity contribution >= 4 is 5.78 Å². The molecule has 0 aromatic heterocycles. The Balaban J connectivity index is 2.34. The fraction of sp³-hybridized carbons (Fsp3) is 0.643. The second-order valence-corrected chi connectivity index (χ2v) is 5.24. The quantitative estimate of drug-likeness (QED) is 0.715. The molecule has 0 heterocycles. The molecule has 2 aliphatic carbocycles. The van der Waals surface area contributed by atoms with Crippen molar-refractivity contribution < 1.29 is 9.53 Å². The summed E-state index contributed by atoms with van der Waals surface area (Å²) in [5.74, 6) is 2.45. The van der Waals surface area contributed by atoms with Gasteiger partial charge in [0.1, 0.15) is 11.5 Å². The first-order valence-electron chi connectivity index (χ1n) is 6.06. The van der Waals surface area contributed by atoms with Crippen molar-refractivity contribution in [1.82, 2.24) is 0 Å². The van der Waals surface area contributed by atoms with E-state index in [-0.39, 0.29) is 11.8 Å². The molecular formula is C14H20O2. The zero-order valence-corrected chi connectivity index (χ0v) is 10.5. The molecule has 2 rings (SSSR count). The van der Waals surface area contributed by atoms with E-state index in [0.717, 1.165) is 12.2 Å². The summed E-state index contributed by atoms with van der Waals surface area (Å²) in [5.41, 5.74) is 1.19. The van der Waals surface area contributed by atoms with Gasteiger partial charge in [-0.3, -0.25) is 4.79 Å². The molecule has 0 bridgehead atoms. The highest BCUT2D eigenvalue weighted by Crippen LogP contribution is 2.41. The van der Waals surface area contributed by atoms with Crippen LogP contribution in [-0.4, -0.2) is 12.9 Å². The Hall–Kier alpha value is -1.05. The van der Waals surface area contributed by atoms with Crippen molar-refractivity contribution in [3.8, 4) is 0 Å². The first-order valence-corrected chi connectivity index (χ1v) is 6.06. The Morgan fingerprint density at radius 1 is 1.38 bits per heavy atom. The average Bonchev–Trinajstić information content (AvgIpc) is 2.53. The average molecular weight is 220 g/mol. The Labute approximate surface area is 97.4 Å². The third kappa shape index (κ3) is 1.70. The van der Waals surface area contributed by atoms with Gasteiger partial charge in [0.05, 0.1) is 7.11 Å². The van der Waals surface area contributed by atoms with Crippen molar-refractivity contribution in [1.29, 1.82) is 0 Å². The van der Waals surface area contributed by atoms with Crippen LogP contribution in [0.3, 0.4) is 0 Å².